The lowest BCUT2D eigenvalue weighted by Crippen LogP contribution is -2.10. The molecular weight excluding hydrogens is 281 g/mol. The Morgan fingerprint density at radius 2 is 1.95 bits per heavy atom. The molecular formula is C15H15F3N2O. The molecule has 1 aromatic heterocycles. The number of ether oxygens (including phenoxy) is 1. The van der Waals surface area contributed by atoms with Crippen molar-refractivity contribution in [2.75, 3.05) is 12.4 Å². The van der Waals surface area contributed by atoms with E-state index in [-0.39, 0.29) is 6.04 Å². The molecule has 21 heavy (non-hydrogen) atoms. The molecule has 0 aliphatic heterocycles. The van der Waals surface area contributed by atoms with Gasteiger partial charge in [0, 0.05) is 12.1 Å². The lowest BCUT2D eigenvalue weighted by molar-refractivity contribution is -0.137. The molecule has 0 fully saturated rings. The molecule has 112 valence electrons. The maximum absolute atomic E-state index is 12.7. The molecule has 0 saturated heterocycles. The fourth-order valence-corrected chi connectivity index (χ4v) is 1.90. The first-order valence-electron chi connectivity index (χ1n) is 6.34. The van der Waals surface area contributed by atoms with Crippen molar-refractivity contribution in [3.63, 3.8) is 0 Å². The summed E-state index contributed by atoms with van der Waals surface area (Å²) >= 11 is 0. The average molecular weight is 296 g/mol. The van der Waals surface area contributed by atoms with Gasteiger partial charge in [0.15, 0.2) is 0 Å². The van der Waals surface area contributed by atoms with E-state index in [1.807, 2.05) is 0 Å². The van der Waals surface area contributed by atoms with Crippen LogP contribution in [0, 0.1) is 0 Å². The van der Waals surface area contributed by atoms with Gasteiger partial charge in [0.05, 0.1) is 24.6 Å². The number of rotatable bonds is 4. The minimum atomic E-state index is -4.34. The van der Waals surface area contributed by atoms with Crippen molar-refractivity contribution in [2.45, 2.75) is 19.1 Å². The molecule has 0 spiro atoms. The van der Waals surface area contributed by atoms with Crippen molar-refractivity contribution in [3.8, 4) is 5.88 Å². The van der Waals surface area contributed by atoms with Gasteiger partial charge in [0.25, 0.3) is 0 Å². The molecule has 2 rings (SSSR count). The molecule has 0 amide bonds. The predicted octanol–water partition coefficient (Wildman–Crippen LogP) is 4.28. The van der Waals surface area contributed by atoms with Crippen LogP contribution in [-0.2, 0) is 6.18 Å². The topological polar surface area (TPSA) is 34.1 Å². The molecule has 0 saturated carbocycles. The SMILES string of the molecule is COc1ccc(NC(C)c2cccc(C(F)(F)F)c2)cn1. The molecule has 1 unspecified atom stereocenters. The van der Waals surface area contributed by atoms with Crippen molar-refractivity contribution in [1.82, 2.24) is 4.98 Å². The monoisotopic (exact) mass is 296 g/mol. The average Bonchev–Trinajstić information content (AvgIpc) is 2.47. The summed E-state index contributed by atoms with van der Waals surface area (Å²) in [6.07, 6.45) is -2.76. The summed E-state index contributed by atoms with van der Waals surface area (Å²) < 4.78 is 43.0. The van der Waals surface area contributed by atoms with Crippen molar-refractivity contribution in [2.24, 2.45) is 0 Å². The van der Waals surface area contributed by atoms with E-state index >= 15 is 0 Å². The Kier molecular flexibility index (Phi) is 4.35. The van der Waals surface area contributed by atoms with Crippen LogP contribution in [0.5, 0.6) is 5.88 Å². The number of alkyl halides is 3. The van der Waals surface area contributed by atoms with Crippen molar-refractivity contribution in [1.29, 1.82) is 0 Å². The first kappa shape index (κ1) is 15.2. The zero-order chi connectivity index (χ0) is 15.5. The van der Waals surface area contributed by atoms with E-state index in [9.17, 15) is 13.2 Å². The Bertz CT molecular complexity index is 597. The van der Waals surface area contributed by atoms with Crippen LogP contribution in [0.3, 0.4) is 0 Å². The van der Waals surface area contributed by atoms with E-state index in [1.54, 1.807) is 31.3 Å². The first-order valence-corrected chi connectivity index (χ1v) is 6.34. The normalized spacial score (nSPS) is 12.8. The smallest absolute Gasteiger partial charge is 0.416 e. The van der Waals surface area contributed by atoms with E-state index in [4.69, 9.17) is 4.74 Å². The highest BCUT2D eigenvalue weighted by Gasteiger charge is 2.30. The van der Waals surface area contributed by atoms with Gasteiger partial charge in [-0.25, -0.2) is 4.98 Å². The van der Waals surface area contributed by atoms with Crippen LogP contribution < -0.4 is 10.1 Å². The minimum Gasteiger partial charge on any atom is -0.481 e. The number of aromatic nitrogens is 1. The largest absolute Gasteiger partial charge is 0.481 e. The number of hydrogen-bond donors (Lipinski definition) is 1. The van der Waals surface area contributed by atoms with E-state index in [2.05, 4.69) is 10.3 Å². The summed E-state index contributed by atoms with van der Waals surface area (Å²) in [6, 6.07) is 8.44. The summed E-state index contributed by atoms with van der Waals surface area (Å²) in [5.74, 6) is 0.479. The Morgan fingerprint density at radius 1 is 1.19 bits per heavy atom. The number of anilines is 1. The summed E-state index contributed by atoms with van der Waals surface area (Å²) in [6.45, 7) is 1.79. The van der Waals surface area contributed by atoms with Gasteiger partial charge < -0.3 is 10.1 Å². The third-order valence-electron chi connectivity index (χ3n) is 3.04. The number of nitrogens with one attached hydrogen (secondary N) is 1. The second kappa shape index (κ2) is 6.03. The summed E-state index contributed by atoms with van der Waals surface area (Å²) in [5, 5.41) is 3.10. The number of nitrogens with zero attached hydrogens (tertiary/aromatic N) is 1. The summed E-state index contributed by atoms with van der Waals surface area (Å²) in [5.41, 5.74) is 0.614. The first-order chi connectivity index (χ1) is 9.90. The van der Waals surface area contributed by atoms with Gasteiger partial charge in [0.2, 0.25) is 5.88 Å². The number of halogens is 3. The van der Waals surface area contributed by atoms with Crippen LogP contribution in [0.25, 0.3) is 0 Å². The lowest BCUT2D eigenvalue weighted by atomic mass is 10.0. The third-order valence-corrected chi connectivity index (χ3v) is 3.04. The lowest BCUT2D eigenvalue weighted by Gasteiger charge is -2.17. The maximum Gasteiger partial charge on any atom is 0.416 e. The number of methoxy groups -OCH3 is 1. The van der Waals surface area contributed by atoms with Crippen LogP contribution in [0.4, 0.5) is 18.9 Å². The molecule has 1 atom stereocenters. The predicted molar refractivity (Wildman–Crippen MR) is 74.3 cm³/mol. The number of pyridine rings is 1. The standard InChI is InChI=1S/C15H15F3N2O/c1-10(20-13-6-7-14(21-2)19-9-13)11-4-3-5-12(8-11)15(16,17)18/h3-10,20H,1-2H3. The van der Waals surface area contributed by atoms with E-state index in [0.29, 0.717) is 17.1 Å². The van der Waals surface area contributed by atoms with Crippen LogP contribution in [-0.4, -0.2) is 12.1 Å². The Morgan fingerprint density at radius 3 is 2.52 bits per heavy atom. The van der Waals surface area contributed by atoms with Gasteiger partial charge in [0.1, 0.15) is 0 Å². The molecule has 1 N–H and O–H groups in total. The number of benzene rings is 1. The van der Waals surface area contributed by atoms with Gasteiger partial charge in [-0.2, -0.15) is 13.2 Å². The molecule has 6 heteroatoms. The zero-order valence-electron chi connectivity index (χ0n) is 11.6. The molecule has 0 aliphatic rings. The van der Waals surface area contributed by atoms with Gasteiger partial charge in [-0.05, 0) is 30.7 Å². The van der Waals surface area contributed by atoms with Crippen LogP contribution in [0.2, 0.25) is 0 Å². The highest BCUT2D eigenvalue weighted by molar-refractivity contribution is 5.45. The number of hydrogen-bond acceptors (Lipinski definition) is 3. The van der Waals surface area contributed by atoms with Crippen LogP contribution in [0.15, 0.2) is 42.6 Å². The highest BCUT2D eigenvalue weighted by atomic mass is 19.4. The van der Waals surface area contributed by atoms with Crippen molar-refractivity contribution in [3.05, 3.63) is 53.7 Å². The van der Waals surface area contributed by atoms with Crippen LogP contribution in [0.1, 0.15) is 24.1 Å². The maximum atomic E-state index is 12.7. The fraction of sp³-hybridized carbons (Fsp3) is 0.267. The summed E-state index contributed by atoms with van der Waals surface area (Å²) in [7, 11) is 1.51. The Hall–Kier alpha value is -2.24. The Labute approximate surface area is 120 Å². The molecule has 0 radical (unpaired) electrons. The third kappa shape index (κ3) is 3.87. The second-order valence-corrected chi connectivity index (χ2v) is 4.58. The van der Waals surface area contributed by atoms with Gasteiger partial charge >= 0.3 is 6.18 Å². The molecule has 0 aliphatic carbocycles. The molecule has 1 heterocycles. The molecule has 1 aromatic carbocycles. The zero-order valence-corrected chi connectivity index (χ0v) is 11.6. The Balaban J connectivity index is 2.14. The van der Waals surface area contributed by atoms with Gasteiger partial charge in [-0.3, -0.25) is 0 Å². The highest BCUT2D eigenvalue weighted by Crippen LogP contribution is 2.31. The second-order valence-electron chi connectivity index (χ2n) is 4.58. The van der Waals surface area contributed by atoms with Crippen LogP contribution >= 0.6 is 0 Å². The summed E-state index contributed by atoms with van der Waals surface area (Å²) in [4.78, 5) is 4.04. The minimum absolute atomic E-state index is 0.275. The van der Waals surface area contributed by atoms with E-state index < -0.39 is 11.7 Å². The molecule has 2 aromatic rings. The van der Waals surface area contributed by atoms with Gasteiger partial charge in [-0.1, -0.05) is 12.1 Å². The van der Waals surface area contributed by atoms with E-state index in [0.717, 1.165) is 12.1 Å². The fourth-order valence-electron chi connectivity index (χ4n) is 1.90. The van der Waals surface area contributed by atoms with Crippen molar-refractivity contribution >= 4 is 5.69 Å². The van der Waals surface area contributed by atoms with Gasteiger partial charge in [-0.15, -0.1) is 0 Å². The molecule has 0 bridgehead atoms. The van der Waals surface area contributed by atoms with Crippen molar-refractivity contribution < 1.29 is 17.9 Å². The van der Waals surface area contributed by atoms with E-state index in [1.165, 1.54) is 13.2 Å². The molecule has 3 nitrogen and oxygen atoms in total. The quantitative estimate of drug-likeness (QED) is 0.914.